The highest BCUT2D eigenvalue weighted by Gasteiger charge is 2.14. The molecule has 1 saturated heterocycles. The quantitative estimate of drug-likeness (QED) is 0.796. The van der Waals surface area contributed by atoms with Crippen molar-refractivity contribution in [3.05, 3.63) is 21.5 Å². The number of anilines is 1. The third kappa shape index (κ3) is 2.89. The second-order valence-electron chi connectivity index (χ2n) is 4.83. The lowest BCUT2D eigenvalue weighted by Crippen LogP contribution is -2.35. The predicted molar refractivity (Wildman–Crippen MR) is 90.6 cm³/mol. The van der Waals surface area contributed by atoms with Gasteiger partial charge in [0.1, 0.15) is 5.82 Å². The minimum Gasteiger partial charge on any atom is -0.369 e. The number of nitrogens with two attached hydrogens (primary N) is 1. The van der Waals surface area contributed by atoms with Crippen molar-refractivity contribution in [3.63, 3.8) is 0 Å². The summed E-state index contributed by atoms with van der Waals surface area (Å²) in [5, 5.41) is 0. The molecule has 1 aliphatic heterocycles. The van der Waals surface area contributed by atoms with E-state index in [0.29, 0.717) is 9.52 Å². The fraction of sp³-hybridized carbons (Fsp3) is 0.462. The van der Waals surface area contributed by atoms with Crippen molar-refractivity contribution in [1.82, 2.24) is 14.5 Å². The molecule has 2 aromatic rings. The fourth-order valence-electron chi connectivity index (χ4n) is 2.44. The molecule has 7 heteroatoms. The summed E-state index contributed by atoms with van der Waals surface area (Å²) in [6.45, 7) is 3.92. The zero-order valence-electron chi connectivity index (χ0n) is 11.0. The molecule has 3 rings (SSSR count). The number of nitrogen functional groups attached to an aromatic ring is 1. The highest BCUT2D eigenvalue weighted by molar-refractivity contribution is 14.1. The Morgan fingerprint density at radius 1 is 1.30 bits per heavy atom. The van der Waals surface area contributed by atoms with E-state index in [1.807, 2.05) is 38.9 Å². The summed E-state index contributed by atoms with van der Waals surface area (Å²) < 4.78 is 16.2. The Balaban J connectivity index is 1.83. The minimum atomic E-state index is -0.214. The number of halogens is 2. The Morgan fingerprint density at radius 3 is 2.80 bits per heavy atom. The summed E-state index contributed by atoms with van der Waals surface area (Å²) in [4.78, 5) is 6.75. The Bertz CT molecular complexity index is 624. The maximum atomic E-state index is 13.7. The average Bonchev–Trinajstić information content (AvgIpc) is 2.73. The van der Waals surface area contributed by atoms with Gasteiger partial charge in [-0.1, -0.05) is 0 Å². The number of nitrogens with zero attached hydrogens (tertiary/aromatic N) is 3. The molecular formula is C13H16FIN4S. The maximum Gasteiger partial charge on any atom is 0.201 e. The highest BCUT2D eigenvalue weighted by Crippen LogP contribution is 2.23. The van der Waals surface area contributed by atoms with Crippen molar-refractivity contribution in [1.29, 1.82) is 0 Å². The topological polar surface area (TPSA) is 47.1 Å². The van der Waals surface area contributed by atoms with Crippen LogP contribution in [0.1, 0.15) is 0 Å². The predicted octanol–water partition coefficient (Wildman–Crippen LogP) is 2.41. The summed E-state index contributed by atoms with van der Waals surface area (Å²) >= 11 is 3.97. The zero-order valence-corrected chi connectivity index (χ0v) is 14.0. The first-order valence-electron chi connectivity index (χ1n) is 6.56. The molecule has 0 atom stereocenters. The van der Waals surface area contributed by atoms with E-state index < -0.39 is 0 Å². The van der Waals surface area contributed by atoms with Crippen molar-refractivity contribution in [3.8, 4) is 0 Å². The molecule has 1 aromatic heterocycles. The minimum absolute atomic E-state index is 0.214. The molecule has 4 nitrogen and oxygen atoms in total. The summed E-state index contributed by atoms with van der Waals surface area (Å²) in [5.41, 5.74) is 7.52. The van der Waals surface area contributed by atoms with Gasteiger partial charge in [0, 0.05) is 43.8 Å². The van der Waals surface area contributed by atoms with E-state index >= 15 is 0 Å². The van der Waals surface area contributed by atoms with Crippen LogP contribution in [0.3, 0.4) is 0 Å². The number of imidazole rings is 1. The van der Waals surface area contributed by atoms with Gasteiger partial charge in [0.15, 0.2) is 0 Å². The van der Waals surface area contributed by atoms with Gasteiger partial charge in [0.05, 0.1) is 14.6 Å². The molecule has 0 unspecified atom stereocenters. The standard InChI is InChI=1S/C13H16FIN4S/c14-9-7-12-11(8-10(9)15)17-13(16)19(12)2-1-18-3-5-20-6-4-18/h7-8H,1-6H2,(H2,16,17). The van der Waals surface area contributed by atoms with Crippen LogP contribution in [0.15, 0.2) is 12.1 Å². The SMILES string of the molecule is Nc1nc2cc(I)c(F)cc2n1CCN1CCSCC1. The molecule has 20 heavy (non-hydrogen) atoms. The summed E-state index contributed by atoms with van der Waals surface area (Å²) in [7, 11) is 0. The van der Waals surface area contributed by atoms with E-state index in [4.69, 9.17) is 5.73 Å². The lowest BCUT2D eigenvalue weighted by molar-refractivity contribution is 0.291. The average molecular weight is 406 g/mol. The Labute approximate surface area is 135 Å². The van der Waals surface area contributed by atoms with Crippen molar-refractivity contribution in [2.24, 2.45) is 0 Å². The normalized spacial score (nSPS) is 16.9. The van der Waals surface area contributed by atoms with E-state index in [1.165, 1.54) is 17.6 Å². The molecule has 0 amide bonds. The second-order valence-corrected chi connectivity index (χ2v) is 7.22. The van der Waals surface area contributed by atoms with Gasteiger partial charge in [-0.15, -0.1) is 0 Å². The largest absolute Gasteiger partial charge is 0.369 e. The molecule has 1 aromatic carbocycles. The van der Waals surface area contributed by atoms with Gasteiger partial charge in [0.25, 0.3) is 0 Å². The van der Waals surface area contributed by atoms with Crippen LogP contribution in [0.4, 0.5) is 10.3 Å². The van der Waals surface area contributed by atoms with Gasteiger partial charge in [-0.25, -0.2) is 9.37 Å². The van der Waals surface area contributed by atoms with Gasteiger partial charge < -0.3 is 10.3 Å². The molecular weight excluding hydrogens is 390 g/mol. The monoisotopic (exact) mass is 406 g/mol. The molecule has 0 aliphatic carbocycles. The van der Waals surface area contributed by atoms with Crippen molar-refractivity contribution in [2.45, 2.75) is 6.54 Å². The smallest absolute Gasteiger partial charge is 0.201 e. The summed E-state index contributed by atoms with van der Waals surface area (Å²) in [6, 6.07) is 3.28. The first-order valence-corrected chi connectivity index (χ1v) is 8.79. The third-order valence-electron chi connectivity index (χ3n) is 3.56. The highest BCUT2D eigenvalue weighted by atomic mass is 127. The van der Waals surface area contributed by atoms with Crippen LogP contribution in [-0.2, 0) is 6.54 Å². The van der Waals surface area contributed by atoms with Crippen LogP contribution >= 0.6 is 34.4 Å². The molecule has 0 saturated carbocycles. The fourth-order valence-corrected chi connectivity index (χ4v) is 3.87. The first-order chi connectivity index (χ1) is 9.65. The van der Waals surface area contributed by atoms with E-state index in [2.05, 4.69) is 9.88 Å². The Hall–Kier alpha value is -0.540. The van der Waals surface area contributed by atoms with Crippen molar-refractivity contribution in [2.75, 3.05) is 36.9 Å². The third-order valence-corrected chi connectivity index (χ3v) is 5.33. The zero-order chi connectivity index (χ0) is 14.1. The number of hydrogen-bond donors (Lipinski definition) is 1. The first kappa shape index (κ1) is 14.4. The number of fused-ring (bicyclic) bond motifs is 1. The van der Waals surface area contributed by atoms with Crippen LogP contribution in [0.5, 0.6) is 0 Å². The molecule has 0 spiro atoms. The number of thioether (sulfide) groups is 1. The maximum absolute atomic E-state index is 13.7. The number of benzene rings is 1. The number of aromatic nitrogens is 2. The van der Waals surface area contributed by atoms with E-state index in [1.54, 1.807) is 6.07 Å². The molecule has 0 bridgehead atoms. The summed E-state index contributed by atoms with van der Waals surface area (Å²) in [6.07, 6.45) is 0. The molecule has 108 valence electrons. The molecule has 1 fully saturated rings. The van der Waals surface area contributed by atoms with Crippen LogP contribution in [0.25, 0.3) is 11.0 Å². The van der Waals surface area contributed by atoms with Gasteiger partial charge in [-0.3, -0.25) is 4.90 Å². The number of rotatable bonds is 3. The van der Waals surface area contributed by atoms with E-state index in [-0.39, 0.29) is 5.82 Å². The molecule has 2 N–H and O–H groups in total. The van der Waals surface area contributed by atoms with Gasteiger partial charge in [-0.2, -0.15) is 11.8 Å². The molecule has 0 radical (unpaired) electrons. The van der Waals surface area contributed by atoms with E-state index in [9.17, 15) is 4.39 Å². The Morgan fingerprint density at radius 2 is 2.05 bits per heavy atom. The number of hydrogen-bond acceptors (Lipinski definition) is 4. The van der Waals surface area contributed by atoms with Crippen molar-refractivity contribution < 1.29 is 4.39 Å². The van der Waals surface area contributed by atoms with E-state index in [0.717, 1.165) is 37.2 Å². The molecule has 2 heterocycles. The van der Waals surface area contributed by atoms with Crippen LogP contribution in [0, 0.1) is 9.39 Å². The van der Waals surface area contributed by atoms with Gasteiger partial charge >= 0.3 is 0 Å². The van der Waals surface area contributed by atoms with Gasteiger partial charge in [-0.05, 0) is 28.7 Å². The summed E-state index contributed by atoms with van der Waals surface area (Å²) in [5.74, 6) is 2.63. The molecule has 1 aliphatic rings. The lowest BCUT2D eigenvalue weighted by Gasteiger charge is -2.26. The van der Waals surface area contributed by atoms with Crippen LogP contribution < -0.4 is 5.73 Å². The van der Waals surface area contributed by atoms with Crippen LogP contribution in [-0.4, -0.2) is 45.6 Å². The second kappa shape index (κ2) is 6.07. The Kier molecular flexibility index (Phi) is 4.37. The van der Waals surface area contributed by atoms with Crippen LogP contribution in [0.2, 0.25) is 0 Å². The van der Waals surface area contributed by atoms with Crippen molar-refractivity contribution >= 4 is 51.3 Å². The lowest BCUT2D eigenvalue weighted by atomic mass is 10.3. The van der Waals surface area contributed by atoms with Gasteiger partial charge in [0.2, 0.25) is 5.95 Å².